The monoisotopic (exact) mass is 277 g/mol. The van der Waals surface area contributed by atoms with E-state index in [4.69, 9.17) is 0 Å². The Bertz CT molecular complexity index is 313. The van der Waals surface area contributed by atoms with Gasteiger partial charge < -0.3 is 10.6 Å². The molecule has 2 unspecified atom stereocenters. The smallest absolute Gasteiger partial charge is 0.356 e. The van der Waals surface area contributed by atoms with Gasteiger partial charge in [-0.1, -0.05) is 18.9 Å². The summed E-state index contributed by atoms with van der Waals surface area (Å²) in [6.07, 6.45) is -0.0112. The number of alkyl halides is 3. The Kier molecular flexibility index (Phi) is 6.18. The molecule has 19 heavy (non-hydrogen) atoms. The van der Waals surface area contributed by atoms with Crippen molar-refractivity contribution < 1.29 is 13.2 Å². The molecule has 6 heteroatoms. The topological polar surface area (TPSA) is 36.4 Å². The van der Waals surface area contributed by atoms with Crippen LogP contribution >= 0.6 is 0 Å². The van der Waals surface area contributed by atoms with Crippen molar-refractivity contribution in [3.05, 3.63) is 12.7 Å². The summed E-state index contributed by atoms with van der Waals surface area (Å²) < 4.78 is 38.7. The van der Waals surface area contributed by atoms with E-state index in [-0.39, 0.29) is 12.3 Å². The van der Waals surface area contributed by atoms with Gasteiger partial charge in [0.1, 0.15) is 0 Å². The second-order valence-electron chi connectivity index (χ2n) is 4.82. The van der Waals surface area contributed by atoms with Crippen LogP contribution < -0.4 is 10.6 Å². The molecule has 2 N–H and O–H groups in total. The summed E-state index contributed by atoms with van der Waals surface area (Å²) in [7, 11) is 1.60. The van der Waals surface area contributed by atoms with Gasteiger partial charge >= 0.3 is 6.18 Å². The molecule has 0 aliphatic heterocycles. The average molecular weight is 277 g/mol. The zero-order chi connectivity index (χ0) is 14.3. The van der Waals surface area contributed by atoms with E-state index >= 15 is 0 Å². The molecular weight excluding hydrogens is 255 g/mol. The highest BCUT2D eigenvalue weighted by atomic mass is 19.4. The van der Waals surface area contributed by atoms with E-state index in [2.05, 4.69) is 22.2 Å². The Morgan fingerprint density at radius 3 is 2.58 bits per heavy atom. The largest absolute Gasteiger partial charge is 0.392 e. The van der Waals surface area contributed by atoms with E-state index in [1.165, 1.54) is 0 Å². The molecule has 0 heterocycles. The SMILES string of the molecule is C=CCNC(=NC)NCC1CCCCC1C(F)(F)F. The predicted octanol–water partition coefficient (Wildman–Crippen LogP) is 2.71. The molecule has 1 aliphatic rings. The van der Waals surface area contributed by atoms with Gasteiger partial charge in [-0.3, -0.25) is 4.99 Å². The molecule has 0 radical (unpaired) electrons. The van der Waals surface area contributed by atoms with Crippen LogP contribution in [0.15, 0.2) is 17.6 Å². The van der Waals surface area contributed by atoms with Crippen molar-refractivity contribution in [1.29, 1.82) is 0 Å². The number of halogens is 3. The van der Waals surface area contributed by atoms with E-state index in [0.29, 0.717) is 31.9 Å². The average Bonchev–Trinajstić information content (AvgIpc) is 2.38. The van der Waals surface area contributed by atoms with Gasteiger partial charge in [0.05, 0.1) is 5.92 Å². The van der Waals surface area contributed by atoms with Crippen LogP contribution in [0.5, 0.6) is 0 Å². The van der Waals surface area contributed by atoms with Crippen LogP contribution in [0.4, 0.5) is 13.2 Å². The van der Waals surface area contributed by atoms with Gasteiger partial charge in [0.2, 0.25) is 0 Å². The zero-order valence-corrected chi connectivity index (χ0v) is 11.3. The van der Waals surface area contributed by atoms with Gasteiger partial charge in [0, 0.05) is 20.1 Å². The molecule has 3 nitrogen and oxygen atoms in total. The van der Waals surface area contributed by atoms with Crippen molar-refractivity contribution in [1.82, 2.24) is 10.6 Å². The molecule has 1 saturated carbocycles. The first kappa shape index (κ1) is 15.9. The van der Waals surface area contributed by atoms with Crippen molar-refractivity contribution in [2.24, 2.45) is 16.8 Å². The summed E-state index contributed by atoms with van der Waals surface area (Å²) in [5.74, 6) is -1.03. The molecule has 110 valence electrons. The number of guanidine groups is 1. The van der Waals surface area contributed by atoms with E-state index in [0.717, 1.165) is 6.42 Å². The van der Waals surface area contributed by atoms with Gasteiger partial charge in [-0.05, 0) is 18.8 Å². The van der Waals surface area contributed by atoms with Crippen LogP contribution in [0, 0.1) is 11.8 Å². The maximum atomic E-state index is 12.9. The second-order valence-corrected chi connectivity index (χ2v) is 4.82. The molecule has 0 aromatic carbocycles. The highest BCUT2D eigenvalue weighted by Crippen LogP contribution is 2.41. The van der Waals surface area contributed by atoms with Crippen molar-refractivity contribution in [3.8, 4) is 0 Å². The molecule has 1 rings (SSSR count). The first-order valence-corrected chi connectivity index (χ1v) is 6.61. The minimum absolute atomic E-state index is 0.245. The summed E-state index contributed by atoms with van der Waals surface area (Å²) in [5.41, 5.74) is 0. The van der Waals surface area contributed by atoms with Crippen LogP contribution in [0.1, 0.15) is 25.7 Å². The highest BCUT2D eigenvalue weighted by Gasteiger charge is 2.45. The van der Waals surface area contributed by atoms with Crippen LogP contribution in [0.25, 0.3) is 0 Å². The quantitative estimate of drug-likeness (QED) is 0.471. The summed E-state index contributed by atoms with van der Waals surface area (Å²) >= 11 is 0. The third-order valence-corrected chi connectivity index (χ3v) is 3.50. The van der Waals surface area contributed by atoms with Crippen LogP contribution in [-0.4, -0.2) is 32.3 Å². The summed E-state index contributed by atoms with van der Waals surface area (Å²) in [6, 6.07) is 0. The summed E-state index contributed by atoms with van der Waals surface area (Å²) in [5, 5.41) is 5.92. The van der Waals surface area contributed by atoms with Crippen molar-refractivity contribution in [2.45, 2.75) is 31.9 Å². The van der Waals surface area contributed by atoms with Gasteiger partial charge in [0.15, 0.2) is 5.96 Å². The van der Waals surface area contributed by atoms with E-state index < -0.39 is 12.1 Å². The van der Waals surface area contributed by atoms with Crippen molar-refractivity contribution in [3.63, 3.8) is 0 Å². The Morgan fingerprint density at radius 2 is 2.00 bits per heavy atom. The first-order chi connectivity index (χ1) is 8.99. The van der Waals surface area contributed by atoms with Crippen LogP contribution in [0.3, 0.4) is 0 Å². The summed E-state index contributed by atoms with van der Waals surface area (Å²) in [6.45, 7) is 4.41. The molecule has 0 aromatic rings. The number of hydrogen-bond donors (Lipinski definition) is 2. The summed E-state index contributed by atoms with van der Waals surface area (Å²) in [4.78, 5) is 3.96. The van der Waals surface area contributed by atoms with Crippen molar-refractivity contribution >= 4 is 5.96 Å². The molecule has 1 aliphatic carbocycles. The predicted molar refractivity (Wildman–Crippen MR) is 71.1 cm³/mol. The lowest BCUT2D eigenvalue weighted by atomic mass is 9.79. The molecule has 0 amide bonds. The lowest BCUT2D eigenvalue weighted by Gasteiger charge is -2.33. The van der Waals surface area contributed by atoms with Gasteiger partial charge in [-0.15, -0.1) is 6.58 Å². The normalized spacial score (nSPS) is 24.9. The third kappa shape index (κ3) is 5.12. The number of aliphatic imine (C=N–C) groups is 1. The van der Waals surface area contributed by atoms with Gasteiger partial charge in [0.25, 0.3) is 0 Å². The fourth-order valence-electron chi connectivity index (χ4n) is 2.50. The molecule has 0 saturated heterocycles. The minimum Gasteiger partial charge on any atom is -0.356 e. The van der Waals surface area contributed by atoms with E-state index in [1.807, 2.05) is 0 Å². The first-order valence-electron chi connectivity index (χ1n) is 6.61. The lowest BCUT2D eigenvalue weighted by Crippen LogP contribution is -2.44. The Balaban J connectivity index is 2.51. The third-order valence-electron chi connectivity index (χ3n) is 3.50. The Hall–Kier alpha value is -1.20. The maximum Gasteiger partial charge on any atom is 0.392 e. The lowest BCUT2D eigenvalue weighted by molar-refractivity contribution is -0.195. The van der Waals surface area contributed by atoms with Gasteiger partial charge in [-0.2, -0.15) is 13.2 Å². The molecule has 0 aromatic heterocycles. The number of rotatable bonds is 4. The van der Waals surface area contributed by atoms with E-state index in [1.54, 1.807) is 13.1 Å². The number of nitrogens with one attached hydrogen (secondary N) is 2. The van der Waals surface area contributed by atoms with Crippen LogP contribution in [-0.2, 0) is 0 Å². The molecule has 0 bridgehead atoms. The fourth-order valence-corrected chi connectivity index (χ4v) is 2.50. The van der Waals surface area contributed by atoms with E-state index in [9.17, 15) is 13.2 Å². The Morgan fingerprint density at radius 1 is 1.32 bits per heavy atom. The second kappa shape index (κ2) is 7.40. The highest BCUT2D eigenvalue weighted by molar-refractivity contribution is 5.79. The minimum atomic E-state index is -4.09. The van der Waals surface area contributed by atoms with Gasteiger partial charge in [-0.25, -0.2) is 0 Å². The van der Waals surface area contributed by atoms with Crippen LogP contribution in [0.2, 0.25) is 0 Å². The Labute approximate surface area is 112 Å². The molecule has 1 fully saturated rings. The zero-order valence-electron chi connectivity index (χ0n) is 11.3. The number of nitrogens with zero attached hydrogens (tertiary/aromatic N) is 1. The number of hydrogen-bond acceptors (Lipinski definition) is 1. The van der Waals surface area contributed by atoms with Crippen molar-refractivity contribution in [2.75, 3.05) is 20.1 Å². The molecule has 0 spiro atoms. The maximum absolute atomic E-state index is 12.9. The fraction of sp³-hybridized carbons (Fsp3) is 0.769. The standard InChI is InChI=1S/C13H22F3N3/c1-3-8-18-12(17-2)19-9-10-6-4-5-7-11(10)13(14,15)16/h3,10-11H,1,4-9H2,2H3,(H2,17,18,19). The molecule has 2 atom stereocenters. The molecular formula is C13H22F3N3.